The number of benzene rings is 2. The first kappa shape index (κ1) is 20.6. The fraction of sp³-hybridized carbons (Fsp3) is 0.348. The van der Waals surface area contributed by atoms with Crippen molar-refractivity contribution in [3.8, 4) is 5.75 Å². The smallest absolute Gasteiger partial charge is 0.243 e. The molecule has 1 aliphatic rings. The number of nitrogens with zero attached hydrogens (tertiary/aromatic N) is 3. The molecule has 0 radical (unpaired) electrons. The number of rotatable bonds is 7. The van der Waals surface area contributed by atoms with Crippen molar-refractivity contribution in [2.75, 3.05) is 20.7 Å². The van der Waals surface area contributed by atoms with Gasteiger partial charge in [0.25, 0.3) is 0 Å². The molecule has 1 unspecified atom stereocenters. The molecule has 1 heterocycles. The van der Waals surface area contributed by atoms with Gasteiger partial charge in [0, 0.05) is 31.9 Å². The number of hydrogen-bond donors (Lipinski definition) is 0. The van der Waals surface area contributed by atoms with Crippen LogP contribution in [0.4, 0.5) is 0 Å². The van der Waals surface area contributed by atoms with Gasteiger partial charge in [-0.25, -0.2) is 5.01 Å². The van der Waals surface area contributed by atoms with Gasteiger partial charge in [-0.05, 0) is 18.6 Å². The van der Waals surface area contributed by atoms with E-state index in [0.717, 1.165) is 29.0 Å². The Morgan fingerprint density at radius 3 is 2.52 bits per heavy atom. The van der Waals surface area contributed by atoms with Gasteiger partial charge in [0.2, 0.25) is 11.8 Å². The summed E-state index contributed by atoms with van der Waals surface area (Å²) < 4.78 is 5.40. The van der Waals surface area contributed by atoms with E-state index >= 15 is 0 Å². The summed E-state index contributed by atoms with van der Waals surface area (Å²) in [5, 5.41) is 5.93. The van der Waals surface area contributed by atoms with E-state index in [1.54, 1.807) is 19.1 Å². The molecule has 0 saturated heterocycles. The van der Waals surface area contributed by atoms with Gasteiger partial charge in [0.05, 0.1) is 25.4 Å². The number of carbonyl (C=O) groups excluding carboxylic acids is 2. The Kier molecular flexibility index (Phi) is 6.65. The predicted octanol–water partition coefficient (Wildman–Crippen LogP) is 3.63. The molecule has 2 amide bonds. The van der Waals surface area contributed by atoms with Gasteiger partial charge in [-0.15, -0.1) is 0 Å². The topological polar surface area (TPSA) is 62.2 Å². The summed E-state index contributed by atoms with van der Waals surface area (Å²) in [6, 6.07) is 17.3. The molecule has 6 nitrogen and oxygen atoms in total. The van der Waals surface area contributed by atoms with Gasteiger partial charge in [0.15, 0.2) is 0 Å². The lowest BCUT2D eigenvalue weighted by Crippen LogP contribution is -2.31. The van der Waals surface area contributed by atoms with Crippen molar-refractivity contribution in [1.29, 1.82) is 0 Å². The summed E-state index contributed by atoms with van der Waals surface area (Å²) in [6.45, 7) is 2.51. The van der Waals surface area contributed by atoms with Crippen molar-refractivity contribution in [2.24, 2.45) is 5.10 Å². The normalized spacial score (nSPS) is 14.3. The number of carbonyl (C=O) groups is 2. The highest BCUT2D eigenvalue weighted by Gasteiger charge is 2.24. The second kappa shape index (κ2) is 9.37. The van der Waals surface area contributed by atoms with E-state index in [4.69, 9.17) is 4.74 Å². The van der Waals surface area contributed by atoms with E-state index in [-0.39, 0.29) is 30.7 Å². The Bertz CT molecular complexity index is 895. The summed E-state index contributed by atoms with van der Waals surface area (Å²) in [7, 11) is 3.37. The molecular weight excluding hydrogens is 366 g/mol. The first-order valence-corrected chi connectivity index (χ1v) is 9.83. The predicted molar refractivity (Wildman–Crippen MR) is 113 cm³/mol. The van der Waals surface area contributed by atoms with E-state index in [9.17, 15) is 9.59 Å². The van der Waals surface area contributed by atoms with E-state index in [0.29, 0.717) is 6.54 Å². The number of amides is 2. The Morgan fingerprint density at radius 1 is 1.10 bits per heavy atom. The lowest BCUT2D eigenvalue weighted by molar-refractivity contribution is -0.137. The van der Waals surface area contributed by atoms with Crippen LogP contribution >= 0.6 is 0 Å². The van der Waals surface area contributed by atoms with Gasteiger partial charge in [0.1, 0.15) is 5.75 Å². The molecule has 3 rings (SSSR count). The maximum Gasteiger partial charge on any atom is 0.243 e. The maximum absolute atomic E-state index is 12.6. The first-order valence-electron chi connectivity index (χ1n) is 9.83. The van der Waals surface area contributed by atoms with Gasteiger partial charge in [-0.3, -0.25) is 9.59 Å². The minimum Gasteiger partial charge on any atom is -0.496 e. The highest BCUT2D eigenvalue weighted by molar-refractivity contribution is 6.02. The lowest BCUT2D eigenvalue weighted by atomic mass is 10.1. The fourth-order valence-electron chi connectivity index (χ4n) is 3.43. The maximum atomic E-state index is 12.6. The molecular formula is C23H27N3O3. The van der Waals surface area contributed by atoms with Gasteiger partial charge in [-0.2, -0.15) is 5.10 Å². The molecule has 0 fully saturated rings. The summed E-state index contributed by atoms with van der Waals surface area (Å²) in [5.74, 6) is 0.543. The van der Waals surface area contributed by atoms with Crippen molar-refractivity contribution < 1.29 is 14.3 Å². The SMILES string of the molecule is COc1ccccc1C(C)N(C)C(=O)CCC(=O)N1CCC(c2ccccc2)=N1. The third kappa shape index (κ3) is 4.83. The van der Waals surface area contributed by atoms with E-state index in [2.05, 4.69) is 5.10 Å². The third-order valence-corrected chi connectivity index (χ3v) is 5.31. The van der Waals surface area contributed by atoms with Crippen LogP contribution in [0.15, 0.2) is 59.7 Å². The van der Waals surface area contributed by atoms with Crippen LogP contribution in [-0.2, 0) is 9.59 Å². The zero-order chi connectivity index (χ0) is 20.8. The number of hydrogen-bond acceptors (Lipinski definition) is 4. The van der Waals surface area contributed by atoms with Crippen LogP contribution in [0.1, 0.15) is 43.4 Å². The molecule has 29 heavy (non-hydrogen) atoms. The lowest BCUT2D eigenvalue weighted by Gasteiger charge is -2.26. The number of hydrazone groups is 1. The molecule has 2 aromatic carbocycles. The zero-order valence-corrected chi connectivity index (χ0v) is 17.2. The largest absolute Gasteiger partial charge is 0.496 e. The summed E-state index contributed by atoms with van der Waals surface area (Å²) in [4.78, 5) is 26.8. The van der Waals surface area contributed by atoms with Crippen molar-refractivity contribution in [3.05, 3.63) is 65.7 Å². The summed E-state index contributed by atoms with van der Waals surface area (Å²) >= 11 is 0. The number of methoxy groups -OCH3 is 1. The monoisotopic (exact) mass is 393 g/mol. The summed E-state index contributed by atoms with van der Waals surface area (Å²) in [5.41, 5.74) is 2.88. The van der Waals surface area contributed by atoms with Crippen LogP contribution in [0.5, 0.6) is 5.75 Å². The second-order valence-corrected chi connectivity index (χ2v) is 7.10. The van der Waals surface area contributed by atoms with Gasteiger partial charge in [-0.1, -0.05) is 48.5 Å². The Balaban J connectivity index is 1.56. The van der Waals surface area contributed by atoms with Crippen molar-refractivity contribution in [1.82, 2.24) is 9.91 Å². The Morgan fingerprint density at radius 2 is 1.79 bits per heavy atom. The number of ether oxygens (including phenoxy) is 1. The van der Waals surface area contributed by atoms with Crippen molar-refractivity contribution in [3.63, 3.8) is 0 Å². The minimum atomic E-state index is -0.150. The molecule has 152 valence electrons. The summed E-state index contributed by atoms with van der Waals surface area (Å²) in [6.07, 6.45) is 1.03. The van der Waals surface area contributed by atoms with Crippen LogP contribution in [-0.4, -0.2) is 48.1 Å². The van der Waals surface area contributed by atoms with E-state index in [1.165, 1.54) is 5.01 Å². The molecule has 1 atom stereocenters. The second-order valence-electron chi connectivity index (χ2n) is 7.10. The molecule has 0 N–H and O–H groups in total. The molecule has 0 aromatic heterocycles. The Labute approximate surface area is 171 Å². The molecule has 0 saturated carbocycles. The van der Waals surface area contributed by atoms with E-state index in [1.807, 2.05) is 61.5 Å². The highest BCUT2D eigenvalue weighted by Crippen LogP contribution is 2.28. The van der Waals surface area contributed by atoms with Gasteiger partial charge < -0.3 is 9.64 Å². The molecule has 0 bridgehead atoms. The first-order chi connectivity index (χ1) is 14.0. The Hall–Kier alpha value is -3.15. The van der Waals surface area contributed by atoms with Crippen molar-refractivity contribution >= 4 is 17.5 Å². The van der Waals surface area contributed by atoms with Crippen LogP contribution in [0, 0.1) is 0 Å². The average Bonchev–Trinajstić information content (AvgIpc) is 3.27. The standard InChI is InChI=1S/C23H27N3O3/c1-17(19-11-7-8-12-21(19)29-3)25(2)22(27)13-14-23(28)26-16-15-20(24-26)18-9-5-4-6-10-18/h4-12,17H,13-16H2,1-3H3. The van der Waals surface area contributed by atoms with Crippen LogP contribution in [0.2, 0.25) is 0 Å². The van der Waals surface area contributed by atoms with E-state index < -0.39 is 0 Å². The quantitative estimate of drug-likeness (QED) is 0.722. The average molecular weight is 393 g/mol. The number of para-hydroxylation sites is 1. The van der Waals surface area contributed by atoms with Crippen LogP contribution in [0.3, 0.4) is 0 Å². The molecule has 0 aliphatic carbocycles. The highest BCUT2D eigenvalue weighted by atomic mass is 16.5. The minimum absolute atomic E-state index is 0.0804. The van der Waals surface area contributed by atoms with Gasteiger partial charge >= 0.3 is 0 Å². The molecule has 6 heteroatoms. The third-order valence-electron chi connectivity index (χ3n) is 5.31. The van der Waals surface area contributed by atoms with Crippen molar-refractivity contribution in [2.45, 2.75) is 32.2 Å². The van der Waals surface area contributed by atoms with Crippen LogP contribution in [0.25, 0.3) is 0 Å². The molecule has 2 aromatic rings. The van der Waals surface area contributed by atoms with Crippen LogP contribution < -0.4 is 4.74 Å². The molecule has 0 spiro atoms. The fourth-order valence-corrected chi connectivity index (χ4v) is 3.43. The zero-order valence-electron chi connectivity index (χ0n) is 17.2. The molecule has 1 aliphatic heterocycles.